The number of nitrogens with zero attached hydrogens (tertiary/aromatic N) is 3. The number of alkyl halides is 6. The van der Waals surface area contributed by atoms with Crippen molar-refractivity contribution >= 4 is 12.4 Å². The SMILES string of the molecule is Cl.NCc1cc(-c2cnc(C(F)(F)F)nc2)c(OC(F)(F)F)cn1. The second kappa shape index (κ2) is 7.18. The van der Waals surface area contributed by atoms with Crippen molar-refractivity contribution in [2.24, 2.45) is 5.73 Å². The highest BCUT2D eigenvalue weighted by molar-refractivity contribution is 5.85. The summed E-state index contributed by atoms with van der Waals surface area (Å²) in [5, 5.41) is 0. The maximum Gasteiger partial charge on any atom is 0.573 e. The first-order valence-electron chi connectivity index (χ1n) is 5.94. The van der Waals surface area contributed by atoms with Crippen LogP contribution in [0, 0.1) is 0 Å². The molecule has 2 aromatic rings. The summed E-state index contributed by atoms with van der Waals surface area (Å²) in [6.45, 7) is -0.0825. The number of aromatic nitrogens is 3. The van der Waals surface area contributed by atoms with Gasteiger partial charge >= 0.3 is 12.5 Å². The third-order valence-electron chi connectivity index (χ3n) is 2.58. The number of halogens is 7. The van der Waals surface area contributed by atoms with Gasteiger partial charge in [-0.15, -0.1) is 25.6 Å². The normalized spacial score (nSPS) is 11.8. The fourth-order valence-corrected chi connectivity index (χ4v) is 1.64. The third kappa shape index (κ3) is 4.93. The molecule has 0 aliphatic carbocycles. The Labute approximate surface area is 137 Å². The summed E-state index contributed by atoms with van der Waals surface area (Å²) >= 11 is 0. The molecule has 2 N–H and O–H groups in total. The summed E-state index contributed by atoms with van der Waals surface area (Å²) in [6, 6.07) is 1.16. The molecule has 0 aromatic carbocycles. The smallest absolute Gasteiger partial charge is 0.403 e. The first-order valence-corrected chi connectivity index (χ1v) is 5.94. The number of nitrogens with two attached hydrogens (primary N) is 1. The molecule has 0 spiro atoms. The van der Waals surface area contributed by atoms with E-state index in [2.05, 4.69) is 19.7 Å². The quantitative estimate of drug-likeness (QED) is 0.834. The summed E-state index contributed by atoms with van der Waals surface area (Å²) in [6.07, 6.45) is -7.48. The maximum atomic E-state index is 12.4. The van der Waals surface area contributed by atoms with Gasteiger partial charge in [-0.25, -0.2) is 9.97 Å². The van der Waals surface area contributed by atoms with Gasteiger partial charge < -0.3 is 10.5 Å². The first-order chi connectivity index (χ1) is 10.6. The van der Waals surface area contributed by atoms with Crippen LogP contribution < -0.4 is 10.5 Å². The van der Waals surface area contributed by atoms with Gasteiger partial charge in [0.2, 0.25) is 5.82 Å². The molecule has 0 saturated carbocycles. The molecule has 5 nitrogen and oxygen atoms in total. The Morgan fingerprint density at radius 1 is 0.958 bits per heavy atom. The molecule has 2 rings (SSSR count). The van der Waals surface area contributed by atoms with E-state index >= 15 is 0 Å². The van der Waals surface area contributed by atoms with Crippen LogP contribution in [0.5, 0.6) is 5.75 Å². The van der Waals surface area contributed by atoms with Gasteiger partial charge in [-0.05, 0) is 6.07 Å². The summed E-state index contributed by atoms with van der Waals surface area (Å²) < 4.78 is 78.2. The van der Waals surface area contributed by atoms with Gasteiger partial charge in [0.1, 0.15) is 0 Å². The van der Waals surface area contributed by atoms with E-state index in [0.29, 0.717) is 0 Å². The van der Waals surface area contributed by atoms with Crippen LogP contribution in [0.15, 0.2) is 24.7 Å². The Kier molecular flexibility index (Phi) is 5.95. The van der Waals surface area contributed by atoms with Crippen molar-refractivity contribution in [3.63, 3.8) is 0 Å². The molecule has 0 atom stereocenters. The molecule has 0 aliphatic rings. The molecule has 0 bridgehead atoms. The molecule has 0 unspecified atom stereocenters. The molecule has 2 aromatic heterocycles. The highest BCUT2D eigenvalue weighted by atomic mass is 35.5. The van der Waals surface area contributed by atoms with Crippen molar-refractivity contribution in [2.45, 2.75) is 19.1 Å². The largest absolute Gasteiger partial charge is 0.573 e. The van der Waals surface area contributed by atoms with Crippen LogP contribution in [0.2, 0.25) is 0 Å². The van der Waals surface area contributed by atoms with Crippen LogP contribution in [0.25, 0.3) is 11.1 Å². The van der Waals surface area contributed by atoms with Crippen LogP contribution in [-0.2, 0) is 12.7 Å². The molecule has 24 heavy (non-hydrogen) atoms. The fourth-order valence-electron chi connectivity index (χ4n) is 1.64. The Hall–Kier alpha value is -2.14. The van der Waals surface area contributed by atoms with Crippen LogP contribution >= 0.6 is 12.4 Å². The van der Waals surface area contributed by atoms with Gasteiger partial charge in [-0.2, -0.15) is 13.2 Å². The number of hydrogen-bond donors (Lipinski definition) is 1. The summed E-state index contributed by atoms with van der Waals surface area (Å²) in [5.74, 6) is -2.11. The lowest BCUT2D eigenvalue weighted by Crippen LogP contribution is -2.18. The molecule has 0 saturated heterocycles. The molecule has 0 aliphatic heterocycles. The minimum absolute atomic E-state index is 0. The zero-order chi connectivity index (χ0) is 17.3. The maximum absolute atomic E-state index is 12.4. The van der Waals surface area contributed by atoms with E-state index in [1.54, 1.807) is 0 Å². The molecular weight excluding hydrogens is 366 g/mol. The number of rotatable bonds is 3. The van der Waals surface area contributed by atoms with Gasteiger partial charge in [0.05, 0.1) is 11.9 Å². The van der Waals surface area contributed by atoms with E-state index < -0.39 is 24.1 Å². The molecule has 0 amide bonds. The minimum Gasteiger partial charge on any atom is -0.403 e. The summed E-state index contributed by atoms with van der Waals surface area (Å²) in [7, 11) is 0. The number of hydrogen-bond acceptors (Lipinski definition) is 5. The minimum atomic E-state index is -4.99. The highest BCUT2D eigenvalue weighted by Gasteiger charge is 2.35. The van der Waals surface area contributed by atoms with Gasteiger partial charge in [-0.1, -0.05) is 0 Å². The van der Waals surface area contributed by atoms with Crippen molar-refractivity contribution < 1.29 is 31.1 Å². The molecule has 132 valence electrons. The molecule has 2 heterocycles. The third-order valence-corrected chi connectivity index (χ3v) is 2.58. The summed E-state index contributed by atoms with van der Waals surface area (Å²) in [5.41, 5.74) is 5.29. The van der Waals surface area contributed by atoms with Gasteiger partial charge in [0.25, 0.3) is 0 Å². The van der Waals surface area contributed by atoms with E-state index in [-0.39, 0.29) is 35.8 Å². The average Bonchev–Trinajstić information content (AvgIpc) is 2.45. The molecule has 0 radical (unpaired) electrons. The standard InChI is InChI=1S/C12H8F6N4O.ClH/c13-11(14,15)10-21-3-6(4-22-10)8-1-7(2-19)20-5-9(8)23-12(16,17)18;/h1,3-5H,2,19H2;1H. The lowest BCUT2D eigenvalue weighted by atomic mass is 10.1. The van der Waals surface area contributed by atoms with E-state index in [9.17, 15) is 26.3 Å². The second-order valence-corrected chi connectivity index (χ2v) is 4.22. The van der Waals surface area contributed by atoms with E-state index in [1.807, 2.05) is 0 Å². The number of pyridine rings is 1. The monoisotopic (exact) mass is 374 g/mol. The first kappa shape index (κ1) is 19.9. The van der Waals surface area contributed by atoms with Crippen molar-refractivity contribution in [3.05, 3.63) is 36.2 Å². The van der Waals surface area contributed by atoms with Gasteiger partial charge in [0, 0.05) is 30.1 Å². The van der Waals surface area contributed by atoms with Crippen LogP contribution in [0.3, 0.4) is 0 Å². The van der Waals surface area contributed by atoms with Crippen LogP contribution in [-0.4, -0.2) is 21.3 Å². The van der Waals surface area contributed by atoms with E-state index in [0.717, 1.165) is 24.7 Å². The number of ether oxygens (including phenoxy) is 1. The molecule has 0 fully saturated rings. The Morgan fingerprint density at radius 3 is 2.00 bits per heavy atom. The summed E-state index contributed by atoms with van der Waals surface area (Å²) in [4.78, 5) is 9.84. The molecule has 12 heteroatoms. The van der Waals surface area contributed by atoms with E-state index in [1.165, 1.54) is 0 Å². The predicted molar refractivity (Wildman–Crippen MR) is 72.1 cm³/mol. The lowest BCUT2D eigenvalue weighted by Gasteiger charge is -2.14. The van der Waals surface area contributed by atoms with E-state index in [4.69, 9.17) is 5.73 Å². The molecular formula is C12H9ClF6N4O. The van der Waals surface area contributed by atoms with Crippen molar-refractivity contribution in [3.8, 4) is 16.9 Å². The second-order valence-electron chi connectivity index (χ2n) is 4.22. The highest BCUT2D eigenvalue weighted by Crippen LogP contribution is 2.34. The van der Waals surface area contributed by atoms with Crippen LogP contribution in [0.4, 0.5) is 26.3 Å². The lowest BCUT2D eigenvalue weighted by molar-refractivity contribution is -0.274. The van der Waals surface area contributed by atoms with Crippen molar-refractivity contribution in [1.29, 1.82) is 0 Å². The average molecular weight is 375 g/mol. The van der Waals surface area contributed by atoms with Crippen molar-refractivity contribution in [2.75, 3.05) is 0 Å². The Balaban J connectivity index is 0.00000288. The topological polar surface area (TPSA) is 73.9 Å². The zero-order valence-electron chi connectivity index (χ0n) is 11.5. The fraction of sp³-hybridized carbons (Fsp3) is 0.250. The van der Waals surface area contributed by atoms with Gasteiger partial charge in [0.15, 0.2) is 5.75 Å². The zero-order valence-corrected chi connectivity index (χ0v) is 12.3. The van der Waals surface area contributed by atoms with Gasteiger partial charge in [-0.3, -0.25) is 4.98 Å². The predicted octanol–water partition coefficient (Wildman–Crippen LogP) is 3.34. The Morgan fingerprint density at radius 2 is 1.54 bits per heavy atom. The van der Waals surface area contributed by atoms with Crippen molar-refractivity contribution in [1.82, 2.24) is 15.0 Å². The Bertz CT molecular complexity index is 689. The van der Waals surface area contributed by atoms with Crippen LogP contribution in [0.1, 0.15) is 11.5 Å².